The fourth-order valence-corrected chi connectivity index (χ4v) is 8.43. The van der Waals surface area contributed by atoms with Gasteiger partial charge in [-0.05, 0) is 116 Å². The lowest BCUT2D eigenvalue weighted by Crippen LogP contribution is -2.29. The summed E-state index contributed by atoms with van der Waals surface area (Å²) in [6, 6.07) is 46.9. The van der Waals surface area contributed by atoms with E-state index in [0.29, 0.717) is 24.3 Å². The van der Waals surface area contributed by atoms with Gasteiger partial charge in [-0.3, -0.25) is 9.98 Å². The molecule has 0 unspecified atom stereocenters. The lowest BCUT2D eigenvalue weighted by Gasteiger charge is -2.34. The molecule has 6 aromatic rings. The highest BCUT2D eigenvalue weighted by Gasteiger charge is 2.46. The maximum Gasteiger partial charge on any atom is 0.330 e. The molecule has 8 heteroatoms. The zero-order valence-corrected chi connectivity index (χ0v) is 32.4. The maximum absolute atomic E-state index is 11.3. The minimum absolute atomic E-state index is 0.152. The smallest absolute Gasteiger partial charge is 0.330 e. The molecule has 0 radical (unpaired) electrons. The molecule has 2 aliphatic heterocycles. The first-order chi connectivity index (χ1) is 28.9. The van der Waals surface area contributed by atoms with Gasteiger partial charge in [0.2, 0.25) is 0 Å². The molecule has 1 aliphatic carbocycles. The summed E-state index contributed by atoms with van der Waals surface area (Å²) in [4.78, 5) is 32.8. The highest BCUT2D eigenvalue weighted by molar-refractivity contribution is 6.07. The minimum Gasteiger partial charge on any atom is -0.490 e. The van der Waals surface area contributed by atoms with Crippen LogP contribution in [0.3, 0.4) is 0 Å². The van der Waals surface area contributed by atoms with Gasteiger partial charge in [0.1, 0.15) is 37.9 Å². The molecule has 0 amide bonds. The molecule has 2 heterocycles. The molecule has 9 rings (SSSR count). The summed E-state index contributed by atoms with van der Waals surface area (Å²) in [6.07, 6.45) is 3.68. The summed E-state index contributed by atoms with van der Waals surface area (Å²) >= 11 is 0. The van der Waals surface area contributed by atoms with Crippen LogP contribution in [0.1, 0.15) is 44.5 Å². The number of aliphatic imine (C=N–C) groups is 2. The Morgan fingerprint density at radius 2 is 0.966 bits per heavy atom. The minimum atomic E-state index is -0.569. The molecule has 8 nitrogen and oxygen atoms in total. The molecular weight excluding hydrogens is 737 g/mol. The monoisotopic (exact) mass is 776 g/mol. The average Bonchev–Trinajstić information content (AvgIpc) is 3.99. The lowest BCUT2D eigenvalue weighted by atomic mass is 9.67. The van der Waals surface area contributed by atoms with Crippen LogP contribution in [0.25, 0.3) is 11.1 Å². The Balaban J connectivity index is 0.993. The number of hydrogen-bond donors (Lipinski definition) is 0. The van der Waals surface area contributed by atoms with E-state index in [1.807, 2.05) is 48.5 Å². The van der Waals surface area contributed by atoms with Gasteiger partial charge in [-0.1, -0.05) is 86.0 Å². The van der Waals surface area contributed by atoms with Crippen molar-refractivity contribution in [3.8, 4) is 22.6 Å². The van der Waals surface area contributed by atoms with Crippen molar-refractivity contribution < 1.29 is 28.5 Å². The molecule has 0 saturated heterocycles. The zero-order chi connectivity index (χ0) is 40.3. The van der Waals surface area contributed by atoms with Crippen molar-refractivity contribution in [2.24, 2.45) is 9.98 Å². The number of carbonyl (C=O) groups excluding carboxylic acids is 2. The van der Waals surface area contributed by atoms with Crippen molar-refractivity contribution in [3.05, 3.63) is 203 Å². The van der Waals surface area contributed by atoms with Crippen LogP contribution in [0, 0.1) is 0 Å². The predicted molar refractivity (Wildman–Crippen MR) is 230 cm³/mol. The first-order valence-electron chi connectivity index (χ1n) is 19.6. The Hall–Kier alpha value is -7.32. The number of benzene rings is 6. The van der Waals surface area contributed by atoms with Gasteiger partial charge in [-0.2, -0.15) is 0 Å². The second kappa shape index (κ2) is 15.9. The number of nitrogens with zero attached hydrogens (tertiary/aromatic N) is 2. The molecule has 0 bridgehead atoms. The van der Waals surface area contributed by atoms with Crippen LogP contribution in [0.15, 0.2) is 169 Å². The quantitative estimate of drug-likeness (QED) is 0.0621. The van der Waals surface area contributed by atoms with Crippen LogP contribution >= 0.6 is 0 Å². The van der Waals surface area contributed by atoms with Crippen molar-refractivity contribution in [2.75, 3.05) is 26.4 Å². The third-order valence-corrected chi connectivity index (χ3v) is 11.1. The van der Waals surface area contributed by atoms with Gasteiger partial charge in [-0.15, -0.1) is 0 Å². The number of hydrogen-bond acceptors (Lipinski definition) is 8. The Bertz CT molecular complexity index is 2510. The van der Waals surface area contributed by atoms with Crippen molar-refractivity contribution in [3.63, 3.8) is 0 Å². The molecular formula is C51H40N2O6. The Labute approximate surface area is 342 Å². The van der Waals surface area contributed by atoms with E-state index in [4.69, 9.17) is 28.9 Å². The van der Waals surface area contributed by atoms with Crippen molar-refractivity contribution in [1.29, 1.82) is 0 Å². The number of ether oxygens (including phenoxy) is 4. The molecule has 0 spiro atoms. The number of esters is 2. The summed E-state index contributed by atoms with van der Waals surface area (Å²) in [6.45, 7) is 7.64. The van der Waals surface area contributed by atoms with Gasteiger partial charge in [0.15, 0.2) is 0 Å². The molecule has 0 saturated carbocycles. The van der Waals surface area contributed by atoms with Gasteiger partial charge in [0, 0.05) is 25.0 Å². The van der Waals surface area contributed by atoms with E-state index in [0.717, 1.165) is 46.1 Å². The van der Waals surface area contributed by atoms with Crippen LogP contribution in [0.2, 0.25) is 0 Å². The van der Waals surface area contributed by atoms with E-state index in [1.54, 1.807) is 0 Å². The fraction of sp³-hybridized carbons (Fsp3) is 0.137. The fourth-order valence-electron chi connectivity index (χ4n) is 8.43. The van der Waals surface area contributed by atoms with E-state index in [-0.39, 0.29) is 26.4 Å². The summed E-state index contributed by atoms with van der Waals surface area (Å²) < 4.78 is 21.6. The Kier molecular flexibility index (Phi) is 10.0. The lowest BCUT2D eigenvalue weighted by molar-refractivity contribution is -0.139. The van der Waals surface area contributed by atoms with E-state index in [1.165, 1.54) is 44.5 Å². The van der Waals surface area contributed by atoms with E-state index in [9.17, 15) is 9.59 Å². The average molecular weight is 777 g/mol. The molecule has 0 N–H and O–H groups in total. The highest BCUT2D eigenvalue weighted by Crippen LogP contribution is 2.57. The van der Waals surface area contributed by atoms with Crippen LogP contribution in [0.4, 0.5) is 11.4 Å². The van der Waals surface area contributed by atoms with Gasteiger partial charge >= 0.3 is 11.9 Å². The molecule has 290 valence electrons. The summed E-state index contributed by atoms with van der Waals surface area (Å²) in [7, 11) is 0. The van der Waals surface area contributed by atoms with Gasteiger partial charge in [0.25, 0.3) is 0 Å². The molecule has 6 aromatic carbocycles. The van der Waals surface area contributed by atoms with Crippen LogP contribution in [-0.2, 0) is 37.3 Å². The van der Waals surface area contributed by atoms with Gasteiger partial charge in [-0.25, -0.2) is 9.59 Å². The van der Waals surface area contributed by atoms with Gasteiger partial charge in [0.05, 0.1) is 28.2 Å². The second-order valence-corrected chi connectivity index (χ2v) is 14.5. The Morgan fingerprint density at radius 3 is 1.39 bits per heavy atom. The first kappa shape index (κ1) is 37.3. The number of fused-ring (bicyclic) bond motifs is 5. The first-order valence-corrected chi connectivity index (χ1v) is 19.6. The topological polar surface area (TPSA) is 95.8 Å². The maximum atomic E-state index is 11.3. The number of rotatable bonds is 14. The second-order valence-electron chi connectivity index (χ2n) is 14.5. The highest BCUT2D eigenvalue weighted by atomic mass is 16.6. The van der Waals surface area contributed by atoms with Crippen molar-refractivity contribution in [2.45, 2.75) is 18.3 Å². The standard InChI is InChI=1S/C51H40N2O6/c1-3-49(54)58-27-25-56-39-19-13-33(14-20-39)47-31-35-29-37(17-23-45(35)52-47)51(43-11-7-5-9-41(43)42-10-6-8-12-44(42)51)38-18-24-46-36(30-38)32-48(53-46)34-15-21-40(22-16-34)57-26-28-59-50(55)4-2/h3-24,29-30H,1-2,25-28,31-32H2. The summed E-state index contributed by atoms with van der Waals surface area (Å²) in [5.41, 5.74) is 15.2. The SMILES string of the molecule is C=CC(=O)OCCOc1ccc(C2=Nc3ccc(C4(c5ccc6c(c5)CC(c5ccc(OCCOC(=O)C=C)cc5)=N6)c5ccccc5-c5ccccc54)cc3C2)cc1. The summed E-state index contributed by atoms with van der Waals surface area (Å²) in [5, 5.41) is 0. The van der Waals surface area contributed by atoms with Crippen LogP contribution in [0.5, 0.6) is 11.5 Å². The third-order valence-electron chi connectivity index (χ3n) is 11.1. The predicted octanol–water partition coefficient (Wildman–Crippen LogP) is 9.62. The van der Waals surface area contributed by atoms with Crippen molar-refractivity contribution in [1.82, 2.24) is 0 Å². The zero-order valence-electron chi connectivity index (χ0n) is 32.4. The molecule has 59 heavy (non-hydrogen) atoms. The van der Waals surface area contributed by atoms with E-state index < -0.39 is 17.4 Å². The van der Waals surface area contributed by atoms with Crippen LogP contribution in [-0.4, -0.2) is 49.8 Å². The number of carbonyl (C=O) groups is 2. The normalized spacial score (nSPS) is 13.8. The Morgan fingerprint density at radius 1 is 0.542 bits per heavy atom. The largest absolute Gasteiger partial charge is 0.490 e. The van der Waals surface area contributed by atoms with Gasteiger partial charge < -0.3 is 18.9 Å². The third kappa shape index (κ3) is 7.03. The molecule has 0 fully saturated rings. The summed E-state index contributed by atoms with van der Waals surface area (Å²) in [5.74, 6) is 0.451. The van der Waals surface area contributed by atoms with E-state index >= 15 is 0 Å². The molecule has 0 aromatic heterocycles. The van der Waals surface area contributed by atoms with E-state index in [2.05, 4.69) is 98.1 Å². The molecule has 0 atom stereocenters. The van der Waals surface area contributed by atoms with Crippen molar-refractivity contribution >= 4 is 34.7 Å². The van der Waals surface area contributed by atoms with Crippen LogP contribution < -0.4 is 9.47 Å². The molecule has 3 aliphatic rings.